The largest absolute Gasteiger partial charge is 0.372 e. The molecule has 4 heteroatoms. The minimum absolute atomic E-state index is 0.0429. The van der Waals surface area contributed by atoms with Gasteiger partial charge in [-0.2, -0.15) is 0 Å². The lowest BCUT2D eigenvalue weighted by molar-refractivity contribution is -0.115. The van der Waals surface area contributed by atoms with Crippen LogP contribution < -0.4 is 10.2 Å². The molecule has 2 rings (SSSR count). The minimum Gasteiger partial charge on any atom is -0.372 e. The third-order valence-corrected chi connectivity index (χ3v) is 3.26. The van der Waals surface area contributed by atoms with Crippen LogP contribution in [0, 0.1) is 0 Å². The van der Waals surface area contributed by atoms with Gasteiger partial charge in [0.25, 0.3) is 0 Å². The molecule has 0 radical (unpaired) electrons. The minimum atomic E-state index is 0.0429. The molecule has 2 atom stereocenters. The maximum atomic E-state index is 11.3. The highest BCUT2D eigenvalue weighted by Crippen LogP contribution is 2.22. The maximum Gasteiger partial charge on any atom is 0.224 e. The lowest BCUT2D eigenvalue weighted by atomic mass is 10.2. The maximum absolute atomic E-state index is 11.3. The summed E-state index contributed by atoms with van der Waals surface area (Å²) in [5.41, 5.74) is 2.03. The molecule has 0 unspecified atom stereocenters. The molecule has 1 N–H and O–H groups in total. The first-order chi connectivity index (χ1) is 9.08. The highest BCUT2D eigenvalue weighted by atomic mass is 16.5. The Morgan fingerprint density at radius 3 is 2.37 bits per heavy atom. The number of carbonyl (C=O) groups is 1. The Labute approximate surface area is 114 Å². The average molecular weight is 262 g/mol. The molecule has 1 aromatic carbocycles. The quantitative estimate of drug-likeness (QED) is 0.910. The fourth-order valence-electron chi connectivity index (χ4n) is 2.39. The van der Waals surface area contributed by atoms with Crippen molar-refractivity contribution in [1.29, 1.82) is 0 Å². The van der Waals surface area contributed by atoms with Crippen molar-refractivity contribution in [2.75, 3.05) is 23.3 Å². The highest BCUT2D eigenvalue weighted by molar-refractivity contribution is 5.90. The van der Waals surface area contributed by atoms with Crippen LogP contribution in [0.25, 0.3) is 0 Å². The predicted molar refractivity (Wildman–Crippen MR) is 77.6 cm³/mol. The fraction of sp³-hybridized carbons (Fsp3) is 0.533. The molecule has 4 nitrogen and oxygen atoms in total. The van der Waals surface area contributed by atoms with Crippen LogP contribution in [0.2, 0.25) is 0 Å². The second-order valence-corrected chi connectivity index (χ2v) is 5.11. The lowest BCUT2D eigenvalue weighted by Crippen LogP contribution is -2.45. The van der Waals surface area contributed by atoms with E-state index in [1.165, 1.54) is 5.69 Å². The number of anilines is 2. The number of amides is 1. The van der Waals surface area contributed by atoms with Crippen LogP contribution >= 0.6 is 0 Å². The molecule has 1 aliphatic heterocycles. The molecule has 0 aliphatic carbocycles. The lowest BCUT2D eigenvalue weighted by Gasteiger charge is -2.36. The topological polar surface area (TPSA) is 41.6 Å². The van der Waals surface area contributed by atoms with Crippen molar-refractivity contribution in [2.24, 2.45) is 0 Å². The van der Waals surface area contributed by atoms with Gasteiger partial charge in [-0.05, 0) is 38.1 Å². The fourth-order valence-corrected chi connectivity index (χ4v) is 2.39. The van der Waals surface area contributed by atoms with E-state index in [0.717, 1.165) is 18.8 Å². The van der Waals surface area contributed by atoms with E-state index in [1.54, 1.807) is 0 Å². The number of rotatable bonds is 3. The van der Waals surface area contributed by atoms with Gasteiger partial charge in [-0.1, -0.05) is 6.92 Å². The molecule has 1 amide bonds. The monoisotopic (exact) mass is 262 g/mol. The van der Waals surface area contributed by atoms with E-state index in [2.05, 4.69) is 36.2 Å². The van der Waals surface area contributed by atoms with Crippen molar-refractivity contribution in [3.8, 4) is 0 Å². The molecule has 0 bridgehead atoms. The Morgan fingerprint density at radius 1 is 1.26 bits per heavy atom. The van der Waals surface area contributed by atoms with E-state index in [9.17, 15) is 4.79 Å². The number of benzene rings is 1. The highest BCUT2D eigenvalue weighted by Gasteiger charge is 2.22. The summed E-state index contributed by atoms with van der Waals surface area (Å²) in [7, 11) is 0. The van der Waals surface area contributed by atoms with E-state index in [0.29, 0.717) is 6.42 Å². The Morgan fingerprint density at radius 2 is 1.84 bits per heavy atom. The summed E-state index contributed by atoms with van der Waals surface area (Å²) in [4.78, 5) is 13.6. The zero-order valence-corrected chi connectivity index (χ0v) is 11.8. The van der Waals surface area contributed by atoms with E-state index < -0.39 is 0 Å². The molecule has 0 saturated carbocycles. The molecule has 1 aromatic rings. The molecular formula is C15H22N2O2. The summed E-state index contributed by atoms with van der Waals surface area (Å²) in [5, 5.41) is 2.86. The van der Waals surface area contributed by atoms with Gasteiger partial charge in [-0.15, -0.1) is 0 Å². The number of carbonyl (C=O) groups excluding carboxylic acids is 1. The van der Waals surface area contributed by atoms with Crippen LogP contribution in [-0.2, 0) is 9.53 Å². The van der Waals surface area contributed by atoms with E-state index in [1.807, 2.05) is 19.1 Å². The number of hydrogen-bond donors (Lipinski definition) is 1. The molecule has 1 heterocycles. The van der Waals surface area contributed by atoms with Gasteiger partial charge in [0.1, 0.15) is 0 Å². The van der Waals surface area contributed by atoms with Gasteiger partial charge < -0.3 is 15.0 Å². The van der Waals surface area contributed by atoms with Crippen LogP contribution in [-0.4, -0.2) is 31.2 Å². The Balaban J connectivity index is 2.03. The van der Waals surface area contributed by atoms with Crippen LogP contribution in [0.1, 0.15) is 27.2 Å². The van der Waals surface area contributed by atoms with Crippen LogP contribution in [0.5, 0.6) is 0 Å². The molecule has 1 fully saturated rings. The summed E-state index contributed by atoms with van der Waals surface area (Å²) < 4.78 is 5.73. The zero-order valence-electron chi connectivity index (χ0n) is 11.8. The molecular weight excluding hydrogens is 240 g/mol. The number of morpholine rings is 1. The van der Waals surface area contributed by atoms with Crippen molar-refractivity contribution in [3.63, 3.8) is 0 Å². The number of hydrogen-bond acceptors (Lipinski definition) is 3. The first kappa shape index (κ1) is 13.9. The van der Waals surface area contributed by atoms with Crippen LogP contribution in [0.4, 0.5) is 11.4 Å². The normalized spacial score (nSPS) is 23.2. The molecule has 104 valence electrons. The van der Waals surface area contributed by atoms with Crippen LogP contribution in [0.15, 0.2) is 24.3 Å². The Hall–Kier alpha value is -1.55. The van der Waals surface area contributed by atoms with E-state index >= 15 is 0 Å². The van der Waals surface area contributed by atoms with E-state index in [-0.39, 0.29) is 18.1 Å². The summed E-state index contributed by atoms with van der Waals surface area (Å²) in [6.07, 6.45) is 1.01. The van der Waals surface area contributed by atoms with Crippen molar-refractivity contribution >= 4 is 17.3 Å². The summed E-state index contributed by atoms with van der Waals surface area (Å²) in [6, 6.07) is 8.01. The molecule has 19 heavy (non-hydrogen) atoms. The second-order valence-electron chi connectivity index (χ2n) is 5.11. The molecule has 0 spiro atoms. The van der Waals surface area contributed by atoms with Gasteiger partial charge in [-0.3, -0.25) is 4.79 Å². The Bertz CT molecular complexity index is 420. The van der Waals surface area contributed by atoms with Gasteiger partial charge in [0.15, 0.2) is 0 Å². The smallest absolute Gasteiger partial charge is 0.224 e. The number of nitrogens with zero attached hydrogens (tertiary/aromatic N) is 1. The van der Waals surface area contributed by atoms with Crippen molar-refractivity contribution < 1.29 is 9.53 Å². The third-order valence-electron chi connectivity index (χ3n) is 3.26. The van der Waals surface area contributed by atoms with Gasteiger partial charge in [0, 0.05) is 30.9 Å². The van der Waals surface area contributed by atoms with E-state index in [4.69, 9.17) is 4.74 Å². The number of nitrogens with one attached hydrogen (secondary N) is 1. The van der Waals surface area contributed by atoms with Crippen molar-refractivity contribution in [2.45, 2.75) is 39.4 Å². The zero-order chi connectivity index (χ0) is 13.8. The first-order valence-electron chi connectivity index (χ1n) is 6.88. The second kappa shape index (κ2) is 6.06. The molecule has 0 aromatic heterocycles. The van der Waals surface area contributed by atoms with Crippen molar-refractivity contribution in [1.82, 2.24) is 0 Å². The van der Waals surface area contributed by atoms with Gasteiger partial charge in [0.2, 0.25) is 5.91 Å². The van der Waals surface area contributed by atoms with Gasteiger partial charge >= 0.3 is 0 Å². The summed E-state index contributed by atoms with van der Waals surface area (Å²) in [5.74, 6) is 0.0429. The van der Waals surface area contributed by atoms with Crippen LogP contribution in [0.3, 0.4) is 0 Å². The average Bonchev–Trinajstić information content (AvgIpc) is 2.38. The van der Waals surface area contributed by atoms with Gasteiger partial charge in [0.05, 0.1) is 12.2 Å². The number of ether oxygens (including phenoxy) is 1. The molecule has 1 aliphatic rings. The standard InChI is InChI=1S/C15H22N2O2/c1-4-15(18)16-13-5-7-14(8-6-13)17-9-11(2)19-12(3)10-17/h5-8,11-12H,4,9-10H2,1-3H3,(H,16,18)/t11-,12-/m0/s1. The van der Waals surface area contributed by atoms with Gasteiger partial charge in [-0.25, -0.2) is 0 Å². The SMILES string of the molecule is CCC(=O)Nc1ccc(N2C[C@H](C)O[C@@H](C)C2)cc1. The summed E-state index contributed by atoms with van der Waals surface area (Å²) in [6.45, 7) is 7.85. The summed E-state index contributed by atoms with van der Waals surface area (Å²) >= 11 is 0. The predicted octanol–water partition coefficient (Wildman–Crippen LogP) is 2.65. The third kappa shape index (κ3) is 3.70. The molecule has 1 saturated heterocycles. The Kier molecular flexibility index (Phi) is 4.43. The van der Waals surface area contributed by atoms with Crippen molar-refractivity contribution in [3.05, 3.63) is 24.3 Å². The first-order valence-corrected chi connectivity index (χ1v) is 6.88.